The Labute approximate surface area is 85.0 Å². The summed E-state index contributed by atoms with van der Waals surface area (Å²) >= 11 is 0. The van der Waals surface area contributed by atoms with Gasteiger partial charge in [0.05, 0.1) is 7.11 Å². The van der Waals surface area contributed by atoms with Gasteiger partial charge in [-0.1, -0.05) is 19.9 Å². The molecule has 4 heteroatoms. The first-order chi connectivity index (χ1) is 6.83. The van der Waals surface area contributed by atoms with E-state index >= 15 is 0 Å². The van der Waals surface area contributed by atoms with Crippen LogP contribution in [0.1, 0.15) is 19.4 Å². The molecule has 0 aliphatic rings. The van der Waals surface area contributed by atoms with Crippen molar-refractivity contribution >= 4 is 12.2 Å². The summed E-state index contributed by atoms with van der Waals surface area (Å²) < 4.78 is 4.61. The van der Waals surface area contributed by atoms with Crippen LogP contribution in [0.4, 0.5) is 5.82 Å². The number of methoxy groups -OCH3 is 1. The van der Waals surface area contributed by atoms with Gasteiger partial charge in [-0.2, -0.15) is 0 Å². The Morgan fingerprint density at radius 3 is 2.64 bits per heavy atom. The van der Waals surface area contributed by atoms with Crippen molar-refractivity contribution in [3.8, 4) is 0 Å². The minimum absolute atomic E-state index is 0.703. The zero-order valence-electron chi connectivity index (χ0n) is 9.11. The fraction of sp³-hybridized carbons (Fsp3) is 0.400. The first-order valence-corrected chi connectivity index (χ1v) is 4.56. The summed E-state index contributed by atoms with van der Waals surface area (Å²) in [6, 6.07) is 3.81. The zero-order valence-corrected chi connectivity index (χ0v) is 9.11. The molecule has 4 nitrogen and oxygen atoms in total. The van der Waals surface area contributed by atoms with Crippen molar-refractivity contribution in [3.05, 3.63) is 23.9 Å². The number of hydrogen-bond donors (Lipinski definition) is 1. The Balaban J connectivity index is 0.000000791. The fourth-order valence-corrected chi connectivity index (χ4v) is 0.679. The van der Waals surface area contributed by atoms with E-state index in [1.807, 2.05) is 32.9 Å². The number of pyridine rings is 1. The first-order valence-electron chi connectivity index (χ1n) is 4.56. The van der Waals surface area contributed by atoms with E-state index in [1.54, 1.807) is 6.20 Å². The molecular weight excluding hydrogens is 178 g/mol. The largest absolute Gasteiger partial charge is 0.485 e. The minimum atomic E-state index is 0.703. The average molecular weight is 195 g/mol. The number of hydrazone groups is 1. The third kappa shape index (κ3) is 5.13. The maximum Gasteiger partial charge on any atom is 0.192 e. The molecule has 0 atom stereocenters. The predicted octanol–water partition coefficient (Wildman–Crippen LogP) is 2.42. The summed E-state index contributed by atoms with van der Waals surface area (Å²) in [6.07, 6.45) is 3.08. The van der Waals surface area contributed by atoms with E-state index in [4.69, 9.17) is 0 Å². The van der Waals surface area contributed by atoms with Crippen molar-refractivity contribution < 1.29 is 4.74 Å². The molecule has 0 aromatic carbocycles. The molecule has 0 saturated heterocycles. The molecule has 0 bridgehead atoms. The number of rotatable bonds is 3. The summed E-state index contributed by atoms with van der Waals surface area (Å²) in [5, 5.41) is 3.73. The van der Waals surface area contributed by atoms with Gasteiger partial charge in [0.25, 0.3) is 0 Å². The zero-order chi connectivity index (χ0) is 10.8. The highest BCUT2D eigenvalue weighted by Crippen LogP contribution is 2.02. The predicted molar refractivity (Wildman–Crippen MR) is 59.4 cm³/mol. The Morgan fingerprint density at radius 1 is 1.43 bits per heavy atom. The van der Waals surface area contributed by atoms with Crippen molar-refractivity contribution in [2.75, 3.05) is 12.5 Å². The van der Waals surface area contributed by atoms with Crippen LogP contribution in [0.25, 0.3) is 0 Å². The van der Waals surface area contributed by atoms with Gasteiger partial charge in [-0.25, -0.2) is 4.98 Å². The highest BCUT2D eigenvalue weighted by molar-refractivity contribution is 5.49. The standard InChI is InChI=1S/C8H11N3O.C2H6/c1-7-3-4-8(9-5-7)11-10-6-12-2;1-2/h3-6H,1-2H3,(H,9,11);1-2H3/b10-6+;. The molecular formula is C10H17N3O. The second-order valence-electron chi connectivity index (χ2n) is 2.30. The Bertz CT molecular complexity index is 257. The van der Waals surface area contributed by atoms with E-state index in [1.165, 1.54) is 13.5 Å². The number of aromatic nitrogens is 1. The van der Waals surface area contributed by atoms with E-state index in [0.717, 1.165) is 5.56 Å². The molecule has 0 unspecified atom stereocenters. The number of nitrogens with zero attached hydrogens (tertiary/aromatic N) is 2. The molecule has 1 heterocycles. The summed E-state index contributed by atoms with van der Waals surface area (Å²) in [7, 11) is 1.54. The quantitative estimate of drug-likeness (QED) is 0.457. The van der Waals surface area contributed by atoms with Crippen LogP contribution >= 0.6 is 0 Å². The molecule has 1 N–H and O–H groups in total. The maximum atomic E-state index is 4.61. The van der Waals surface area contributed by atoms with Crippen LogP contribution in [0.3, 0.4) is 0 Å². The number of anilines is 1. The molecule has 0 amide bonds. The molecule has 1 aromatic rings. The fourth-order valence-electron chi connectivity index (χ4n) is 0.679. The summed E-state index contributed by atoms with van der Waals surface area (Å²) in [4.78, 5) is 4.07. The van der Waals surface area contributed by atoms with Crippen molar-refractivity contribution in [2.45, 2.75) is 20.8 Å². The SMILES string of the molecule is CC.CO/C=N/Nc1ccc(C)cn1. The lowest BCUT2D eigenvalue weighted by molar-refractivity contribution is 0.422. The lowest BCUT2D eigenvalue weighted by atomic mass is 10.3. The molecule has 78 valence electrons. The molecule has 0 radical (unpaired) electrons. The molecule has 0 aliphatic heterocycles. The second kappa shape index (κ2) is 8.04. The van der Waals surface area contributed by atoms with Gasteiger partial charge < -0.3 is 4.74 Å². The van der Waals surface area contributed by atoms with Crippen LogP contribution in [0.2, 0.25) is 0 Å². The van der Waals surface area contributed by atoms with Gasteiger partial charge in [-0.05, 0) is 18.6 Å². The summed E-state index contributed by atoms with van der Waals surface area (Å²) in [6.45, 7) is 5.98. The Hall–Kier alpha value is -1.58. The van der Waals surface area contributed by atoms with Crippen LogP contribution in [0.5, 0.6) is 0 Å². The third-order valence-electron chi connectivity index (χ3n) is 1.25. The van der Waals surface area contributed by atoms with Crippen LogP contribution < -0.4 is 5.43 Å². The van der Waals surface area contributed by atoms with Gasteiger partial charge in [0.15, 0.2) is 6.40 Å². The molecule has 1 aromatic heterocycles. The smallest absolute Gasteiger partial charge is 0.192 e. The van der Waals surface area contributed by atoms with Gasteiger partial charge in [0.2, 0.25) is 0 Å². The van der Waals surface area contributed by atoms with Gasteiger partial charge >= 0.3 is 0 Å². The van der Waals surface area contributed by atoms with E-state index in [0.29, 0.717) is 5.82 Å². The average Bonchev–Trinajstić information content (AvgIpc) is 2.24. The molecule has 0 aliphatic carbocycles. The first kappa shape index (κ1) is 12.4. The number of nitrogens with one attached hydrogen (secondary N) is 1. The van der Waals surface area contributed by atoms with Gasteiger partial charge in [-0.3, -0.25) is 5.43 Å². The molecule has 1 rings (SSSR count). The molecule has 0 saturated carbocycles. The number of ether oxygens (including phenoxy) is 1. The van der Waals surface area contributed by atoms with Crippen molar-refractivity contribution in [1.29, 1.82) is 0 Å². The summed E-state index contributed by atoms with van der Waals surface area (Å²) in [5.74, 6) is 0.703. The Morgan fingerprint density at radius 2 is 2.14 bits per heavy atom. The minimum Gasteiger partial charge on any atom is -0.485 e. The van der Waals surface area contributed by atoms with Crippen molar-refractivity contribution in [1.82, 2.24) is 4.98 Å². The maximum absolute atomic E-state index is 4.61. The third-order valence-corrected chi connectivity index (χ3v) is 1.25. The van der Waals surface area contributed by atoms with Crippen molar-refractivity contribution in [2.24, 2.45) is 5.10 Å². The van der Waals surface area contributed by atoms with Gasteiger partial charge in [-0.15, -0.1) is 5.10 Å². The van der Waals surface area contributed by atoms with E-state index in [2.05, 4.69) is 20.2 Å². The van der Waals surface area contributed by atoms with Crippen LogP contribution in [-0.2, 0) is 4.74 Å². The lowest BCUT2D eigenvalue weighted by Gasteiger charge is -1.97. The van der Waals surface area contributed by atoms with Crippen LogP contribution in [-0.4, -0.2) is 18.5 Å². The highest BCUT2D eigenvalue weighted by Gasteiger charge is 1.88. The normalized spacial score (nSPS) is 9.14. The van der Waals surface area contributed by atoms with Gasteiger partial charge in [0, 0.05) is 6.20 Å². The summed E-state index contributed by atoms with van der Waals surface area (Å²) in [5.41, 5.74) is 3.83. The highest BCUT2D eigenvalue weighted by atomic mass is 16.5. The van der Waals surface area contributed by atoms with E-state index in [9.17, 15) is 0 Å². The van der Waals surface area contributed by atoms with E-state index < -0.39 is 0 Å². The molecule has 0 spiro atoms. The van der Waals surface area contributed by atoms with Crippen LogP contribution in [0, 0.1) is 6.92 Å². The molecule has 14 heavy (non-hydrogen) atoms. The number of hydrogen-bond acceptors (Lipinski definition) is 4. The van der Waals surface area contributed by atoms with E-state index in [-0.39, 0.29) is 0 Å². The lowest BCUT2D eigenvalue weighted by Crippen LogP contribution is -1.92. The Kier molecular flexibility index (Phi) is 7.13. The second-order valence-corrected chi connectivity index (χ2v) is 2.30. The molecule has 0 fully saturated rings. The van der Waals surface area contributed by atoms with Crippen LogP contribution in [0.15, 0.2) is 23.4 Å². The van der Waals surface area contributed by atoms with Crippen molar-refractivity contribution in [3.63, 3.8) is 0 Å². The topological polar surface area (TPSA) is 46.5 Å². The van der Waals surface area contributed by atoms with Gasteiger partial charge in [0.1, 0.15) is 5.82 Å². The monoisotopic (exact) mass is 195 g/mol. The number of aryl methyl sites for hydroxylation is 1.